The van der Waals surface area contributed by atoms with Crippen molar-refractivity contribution in [3.05, 3.63) is 35.6 Å². The number of carboxylic acids is 1. The van der Waals surface area contributed by atoms with Crippen LogP contribution in [0.2, 0.25) is 0 Å². The summed E-state index contributed by atoms with van der Waals surface area (Å²) >= 11 is 0. The lowest BCUT2D eigenvalue weighted by atomic mass is 9.79. The highest BCUT2D eigenvalue weighted by atomic mass is 19.1. The number of hydrogen-bond acceptors (Lipinski definition) is 2. The molecule has 0 saturated heterocycles. The quantitative estimate of drug-likeness (QED) is 0.755. The maximum absolute atomic E-state index is 13.1. The molecular formula is C16H21FN2O3. The van der Waals surface area contributed by atoms with Gasteiger partial charge >= 0.3 is 12.0 Å². The molecule has 1 aliphatic rings. The zero-order valence-electron chi connectivity index (χ0n) is 12.4. The molecule has 2 rings (SSSR count). The fraction of sp³-hybridized carbons (Fsp3) is 0.500. The molecule has 0 atom stereocenters. The number of carbonyl (C=O) groups excluding carboxylic acids is 1. The molecule has 0 aromatic heterocycles. The van der Waals surface area contributed by atoms with E-state index in [9.17, 15) is 14.0 Å². The Morgan fingerprint density at radius 1 is 1.14 bits per heavy atom. The second kappa shape index (κ2) is 7.24. The standard InChI is InChI=1S/C16H21FN2O3/c17-13-5-3-12(4-6-13)16(8-1-2-9-16)11-19-15(22)18-10-7-14(20)21/h3-6H,1-2,7-11H2,(H,20,21)(H2,18,19,22). The topological polar surface area (TPSA) is 78.4 Å². The van der Waals surface area contributed by atoms with Crippen LogP contribution in [0.15, 0.2) is 24.3 Å². The zero-order valence-corrected chi connectivity index (χ0v) is 12.4. The molecule has 0 aliphatic heterocycles. The first-order valence-electron chi connectivity index (χ1n) is 7.51. The summed E-state index contributed by atoms with van der Waals surface area (Å²) in [5.41, 5.74) is 0.884. The lowest BCUT2D eigenvalue weighted by molar-refractivity contribution is -0.136. The molecule has 0 heterocycles. The van der Waals surface area contributed by atoms with E-state index in [1.165, 1.54) is 12.1 Å². The van der Waals surface area contributed by atoms with Crippen LogP contribution in [0, 0.1) is 5.82 Å². The predicted molar refractivity (Wildman–Crippen MR) is 80.2 cm³/mol. The Morgan fingerprint density at radius 2 is 1.77 bits per heavy atom. The van der Waals surface area contributed by atoms with Gasteiger partial charge < -0.3 is 15.7 Å². The zero-order chi connectivity index (χ0) is 16.0. The first-order valence-corrected chi connectivity index (χ1v) is 7.51. The number of carboxylic acid groups (broad SMARTS) is 1. The van der Waals surface area contributed by atoms with Crippen molar-refractivity contribution in [2.24, 2.45) is 0 Å². The van der Waals surface area contributed by atoms with Gasteiger partial charge in [0.2, 0.25) is 0 Å². The van der Waals surface area contributed by atoms with E-state index in [-0.39, 0.29) is 30.2 Å². The molecule has 0 spiro atoms. The van der Waals surface area contributed by atoms with E-state index in [0.29, 0.717) is 6.54 Å². The van der Waals surface area contributed by atoms with Crippen LogP contribution >= 0.6 is 0 Å². The predicted octanol–water partition coefficient (Wildman–Crippen LogP) is 2.41. The fourth-order valence-electron chi connectivity index (χ4n) is 3.02. The van der Waals surface area contributed by atoms with E-state index in [4.69, 9.17) is 5.11 Å². The van der Waals surface area contributed by atoms with Crippen molar-refractivity contribution in [1.82, 2.24) is 10.6 Å². The van der Waals surface area contributed by atoms with Crippen LogP contribution < -0.4 is 10.6 Å². The van der Waals surface area contributed by atoms with Crippen molar-refractivity contribution in [3.63, 3.8) is 0 Å². The summed E-state index contributed by atoms with van der Waals surface area (Å²) in [4.78, 5) is 22.1. The summed E-state index contributed by atoms with van der Waals surface area (Å²) in [5.74, 6) is -1.21. The van der Waals surface area contributed by atoms with Gasteiger partial charge in [0.25, 0.3) is 0 Å². The Labute approximate surface area is 128 Å². The van der Waals surface area contributed by atoms with Crippen molar-refractivity contribution in [1.29, 1.82) is 0 Å². The van der Waals surface area contributed by atoms with Crippen molar-refractivity contribution in [3.8, 4) is 0 Å². The molecule has 120 valence electrons. The van der Waals surface area contributed by atoms with Gasteiger partial charge in [-0.15, -0.1) is 0 Å². The van der Waals surface area contributed by atoms with Crippen LogP contribution in [0.25, 0.3) is 0 Å². The monoisotopic (exact) mass is 308 g/mol. The summed E-state index contributed by atoms with van der Waals surface area (Å²) < 4.78 is 13.1. The summed E-state index contributed by atoms with van der Waals surface area (Å²) in [6, 6.07) is 6.09. The lowest BCUT2D eigenvalue weighted by Crippen LogP contribution is -2.44. The number of aliphatic carboxylic acids is 1. The maximum Gasteiger partial charge on any atom is 0.314 e. The van der Waals surface area contributed by atoms with Crippen molar-refractivity contribution in [2.75, 3.05) is 13.1 Å². The molecule has 1 aliphatic carbocycles. The van der Waals surface area contributed by atoms with E-state index in [0.717, 1.165) is 31.2 Å². The largest absolute Gasteiger partial charge is 0.481 e. The third-order valence-electron chi connectivity index (χ3n) is 4.23. The van der Waals surface area contributed by atoms with Crippen LogP contribution in [0.1, 0.15) is 37.7 Å². The average Bonchev–Trinajstić information content (AvgIpc) is 2.95. The van der Waals surface area contributed by atoms with Gasteiger partial charge in [-0.05, 0) is 30.5 Å². The van der Waals surface area contributed by atoms with Gasteiger partial charge in [-0.1, -0.05) is 25.0 Å². The molecule has 1 saturated carbocycles. The number of nitrogens with one attached hydrogen (secondary N) is 2. The Morgan fingerprint density at radius 3 is 2.36 bits per heavy atom. The van der Waals surface area contributed by atoms with Crippen LogP contribution in [0.3, 0.4) is 0 Å². The van der Waals surface area contributed by atoms with Gasteiger partial charge in [-0.25, -0.2) is 9.18 Å². The number of benzene rings is 1. The molecule has 1 fully saturated rings. The third-order valence-corrected chi connectivity index (χ3v) is 4.23. The van der Waals surface area contributed by atoms with E-state index >= 15 is 0 Å². The van der Waals surface area contributed by atoms with E-state index in [1.807, 2.05) is 0 Å². The van der Waals surface area contributed by atoms with Crippen molar-refractivity contribution < 1.29 is 19.1 Å². The van der Waals surface area contributed by atoms with Gasteiger partial charge in [-0.2, -0.15) is 0 Å². The van der Waals surface area contributed by atoms with Crippen LogP contribution in [-0.4, -0.2) is 30.2 Å². The molecule has 6 heteroatoms. The fourth-order valence-corrected chi connectivity index (χ4v) is 3.02. The van der Waals surface area contributed by atoms with E-state index in [2.05, 4.69) is 10.6 Å². The molecule has 0 radical (unpaired) electrons. The summed E-state index contributed by atoms with van der Waals surface area (Å²) in [7, 11) is 0. The van der Waals surface area contributed by atoms with Crippen molar-refractivity contribution >= 4 is 12.0 Å². The first-order chi connectivity index (χ1) is 10.5. The number of halogens is 1. The smallest absolute Gasteiger partial charge is 0.314 e. The second-order valence-electron chi connectivity index (χ2n) is 5.75. The Kier molecular flexibility index (Phi) is 5.35. The highest BCUT2D eigenvalue weighted by Crippen LogP contribution is 2.40. The van der Waals surface area contributed by atoms with Crippen LogP contribution in [0.4, 0.5) is 9.18 Å². The molecule has 22 heavy (non-hydrogen) atoms. The SMILES string of the molecule is O=C(O)CCNC(=O)NCC1(c2ccc(F)cc2)CCCC1. The summed E-state index contributed by atoms with van der Waals surface area (Å²) in [6.07, 6.45) is 3.97. The number of urea groups is 1. The van der Waals surface area contributed by atoms with Gasteiger partial charge in [0.1, 0.15) is 5.82 Å². The average molecular weight is 308 g/mol. The number of amides is 2. The molecular weight excluding hydrogens is 287 g/mol. The van der Waals surface area contributed by atoms with Crippen LogP contribution in [-0.2, 0) is 10.2 Å². The normalized spacial score (nSPS) is 16.2. The molecule has 3 N–H and O–H groups in total. The van der Waals surface area contributed by atoms with Gasteiger partial charge in [0.05, 0.1) is 6.42 Å². The molecule has 2 amide bonds. The number of rotatable bonds is 6. The van der Waals surface area contributed by atoms with E-state index in [1.54, 1.807) is 12.1 Å². The molecule has 5 nitrogen and oxygen atoms in total. The van der Waals surface area contributed by atoms with Crippen molar-refractivity contribution in [2.45, 2.75) is 37.5 Å². The van der Waals surface area contributed by atoms with Crippen LogP contribution in [0.5, 0.6) is 0 Å². The molecule has 0 bridgehead atoms. The highest BCUT2D eigenvalue weighted by molar-refractivity contribution is 5.75. The third kappa shape index (κ3) is 4.19. The first kappa shape index (κ1) is 16.3. The highest BCUT2D eigenvalue weighted by Gasteiger charge is 2.35. The Balaban J connectivity index is 1.93. The minimum absolute atomic E-state index is 0.101. The Bertz CT molecular complexity index is 525. The minimum atomic E-state index is -0.945. The van der Waals surface area contributed by atoms with Gasteiger partial charge in [0, 0.05) is 18.5 Å². The van der Waals surface area contributed by atoms with Gasteiger partial charge in [0.15, 0.2) is 0 Å². The summed E-state index contributed by atoms with van der Waals surface area (Å²) in [6.45, 7) is 0.572. The molecule has 1 aromatic rings. The second-order valence-corrected chi connectivity index (χ2v) is 5.75. The van der Waals surface area contributed by atoms with Gasteiger partial charge in [-0.3, -0.25) is 4.79 Å². The number of carbonyl (C=O) groups is 2. The Hall–Kier alpha value is -2.11. The minimum Gasteiger partial charge on any atom is -0.481 e. The lowest BCUT2D eigenvalue weighted by Gasteiger charge is -2.30. The molecule has 0 unspecified atom stereocenters. The molecule has 1 aromatic carbocycles. The maximum atomic E-state index is 13.1. The number of hydrogen-bond donors (Lipinski definition) is 3. The summed E-state index contributed by atoms with van der Waals surface area (Å²) in [5, 5.41) is 13.9. The van der Waals surface area contributed by atoms with E-state index < -0.39 is 5.97 Å².